The lowest BCUT2D eigenvalue weighted by Gasteiger charge is -2.05. The zero-order chi connectivity index (χ0) is 14.5. The number of aromatic nitrogens is 3. The summed E-state index contributed by atoms with van der Waals surface area (Å²) >= 11 is 0. The Balaban J connectivity index is 1.95. The summed E-state index contributed by atoms with van der Waals surface area (Å²) in [6.07, 6.45) is 4.95. The summed E-state index contributed by atoms with van der Waals surface area (Å²) in [5.74, 6) is 5.35. The number of hydrogen-bond donors (Lipinski definition) is 2. The molecule has 2 aromatic heterocycles. The fourth-order valence-electron chi connectivity index (χ4n) is 1.56. The van der Waals surface area contributed by atoms with Crippen molar-refractivity contribution in [3.8, 4) is 5.75 Å². The fraction of sp³-hybridized carbons (Fsp3) is 0.308. The molecule has 2 heterocycles. The van der Waals surface area contributed by atoms with E-state index in [2.05, 4.69) is 15.5 Å². The topological polar surface area (TPSA) is 95.1 Å². The molecule has 7 nitrogen and oxygen atoms in total. The lowest BCUT2D eigenvalue weighted by molar-refractivity contribution is 0.0953. The normalized spacial score (nSPS) is 10.6. The number of pyridine rings is 1. The van der Waals surface area contributed by atoms with Crippen molar-refractivity contribution >= 4 is 5.91 Å². The first kappa shape index (κ1) is 14.0. The quantitative estimate of drug-likeness (QED) is 0.483. The summed E-state index contributed by atoms with van der Waals surface area (Å²) in [5.41, 5.74) is 3.18. The van der Waals surface area contributed by atoms with Crippen LogP contribution >= 0.6 is 0 Å². The van der Waals surface area contributed by atoms with Crippen LogP contribution in [0, 0.1) is 0 Å². The van der Waals surface area contributed by atoms with Crippen molar-refractivity contribution in [1.29, 1.82) is 0 Å². The molecule has 0 saturated heterocycles. The maximum atomic E-state index is 11.3. The number of nitrogens with zero attached hydrogens (tertiary/aromatic N) is 3. The summed E-state index contributed by atoms with van der Waals surface area (Å²) in [6, 6.07) is 3.66. The molecule has 106 valence electrons. The molecule has 0 aliphatic heterocycles. The monoisotopic (exact) mass is 275 g/mol. The maximum absolute atomic E-state index is 11.3. The molecular formula is C13H17N5O2. The van der Waals surface area contributed by atoms with Crippen LogP contribution in [-0.4, -0.2) is 20.7 Å². The number of carbonyl (C=O) groups excluding carboxylic acids is 1. The second-order valence-corrected chi connectivity index (χ2v) is 4.55. The summed E-state index contributed by atoms with van der Waals surface area (Å²) in [4.78, 5) is 15.4. The summed E-state index contributed by atoms with van der Waals surface area (Å²) in [7, 11) is 0. The minimum absolute atomic E-state index is 0.291. The average Bonchev–Trinajstić information content (AvgIpc) is 2.94. The zero-order valence-corrected chi connectivity index (χ0v) is 11.4. The number of ether oxygens (including phenoxy) is 1. The Hall–Kier alpha value is -2.41. The molecule has 0 radical (unpaired) electrons. The highest BCUT2D eigenvalue weighted by atomic mass is 16.5. The molecule has 0 aliphatic carbocycles. The Morgan fingerprint density at radius 3 is 2.80 bits per heavy atom. The third kappa shape index (κ3) is 3.33. The van der Waals surface area contributed by atoms with Gasteiger partial charge in [0.2, 0.25) is 0 Å². The van der Waals surface area contributed by atoms with Crippen LogP contribution in [0.25, 0.3) is 0 Å². The standard InChI is InChI=1S/C13H17N5O2/c1-9(2)18-7-12(6-16-18)20-8-11-4-3-10(5-15-11)13(19)17-14/h3-7,9H,8,14H2,1-2H3,(H,17,19). The van der Waals surface area contributed by atoms with Crippen molar-refractivity contribution in [2.75, 3.05) is 0 Å². The summed E-state index contributed by atoms with van der Waals surface area (Å²) in [5, 5.41) is 4.18. The molecular weight excluding hydrogens is 258 g/mol. The molecule has 0 spiro atoms. The first-order chi connectivity index (χ1) is 9.60. The van der Waals surface area contributed by atoms with Crippen LogP contribution < -0.4 is 16.0 Å². The van der Waals surface area contributed by atoms with Gasteiger partial charge in [0.15, 0.2) is 5.75 Å². The Morgan fingerprint density at radius 1 is 1.45 bits per heavy atom. The van der Waals surface area contributed by atoms with Crippen molar-refractivity contribution in [3.05, 3.63) is 42.0 Å². The third-order valence-electron chi connectivity index (χ3n) is 2.71. The van der Waals surface area contributed by atoms with Crippen molar-refractivity contribution in [1.82, 2.24) is 20.2 Å². The van der Waals surface area contributed by atoms with E-state index < -0.39 is 0 Å². The number of amides is 1. The minimum atomic E-state index is -0.372. The molecule has 2 aromatic rings. The third-order valence-corrected chi connectivity index (χ3v) is 2.71. The number of carbonyl (C=O) groups is 1. The van der Waals surface area contributed by atoms with Gasteiger partial charge < -0.3 is 4.74 Å². The number of nitrogens with two attached hydrogens (primary N) is 1. The molecule has 0 fully saturated rings. The molecule has 0 aliphatic rings. The van der Waals surface area contributed by atoms with Crippen LogP contribution in [-0.2, 0) is 6.61 Å². The predicted octanol–water partition coefficient (Wildman–Crippen LogP) is 1.04. The highest BCUT2D eigenvalue weighted by Crippen LogP contribution is 2.13. The van der Waals surface area contributed by atoms with Gasteiger partial charge >= 0.3 is 0 Å². The van der Waals surface area contributed by atoms with Gasteiger partial charge in [0.1, 0.15) is 6.61 Å². The molecule has 20 heavy (non-hydrogen) atoms. The van der Waals surface area contributed by atoms with E-state index in [1.54, 1.807) is 18.3 Å². The van der Waals surface area contributed by atoms with Crippen LogP contribution in [0.3, 0.4) is 0 Å². The van der Waals surface area contributed by atoms with E-state index in [-0.39, 0.29) is 5.91 Å². The van der Waals surface area contributed by atoms with Crippen molar-refractivity contribution in [2.24, 2.45) is 5.84 Å². The number of hydrogen-bond acceptors (Lipinski definition) is 5. The Kier molecular flexibility index (Phi) is 4.31. The van der Waals surface area contributed by atoms with Gasteiger partial charge in [0, 0.05) is 12.2 Å². The van der Waals surface area contributed by atoms with Crippen molar-refractivity contribution < 1.29 is 9.53 Å². The van der Waals surface area contributed by atoms with E-state index in [1.807, 2.05) is 24.7 Å². The van der Waals surface area contributed by atoms with E-state index in [1.165, 1.54) is 6.20 Å². The molecule has 0 aromatic carbocycles. The van der Waals surface area contributed by atoms with Crippen LogP contribution in [0.5, 0.6) is 5.75 Å². The van der Waals surface area contributed by atoms with E-state index >= 15 is 0 Å². The van der Waals surface area contributed by atoms with E-state index in [9.17, 15) is 4.79 Å². The highest BCUT2D eigenvalue weighted by Gasteiger charge is 2.06. The highest BCUT2D eigenvalue weighted by molar-refractivity contribution is 5.93. The van der Waals surface area contributed by atoms with Crippen molar-refractivity contribution in [3.63, 3.8) is 0 Å². The largest absolute Gasteiger partial charge is 0.484 e. The Morgan fingerprint density at radius 2 is 2.25 bits per heavy atom. The van der Waals surface area contributed by atoms with E-state index in [4.69, 9.17) is 10.6 Å². The lowest BCUT2D eigenvalue weighted by atomic mass is 10.2. The van der Waals surface area contributed by atoms with Crippen LogP contribution in [0.1, 0.15) is 35.9 Å². The summed E-state index contributed by atoms with van der Waals surface area (Å²) < 4.78 is 7.40. The number of rotatable bonds is 5. The molecule has 1 amide bonds. The number of hydrazine groups is 1. The van der Waals surface area contributed by atoms with Crippen LogP contribution in [0.4, 0.5) is 0 Å². The molecule has 0 bridgehead atoms. The smallest absolute Gasteiger partial charge is 0.266 e. The van der Waals surface area contributed by atoms with Gasteiger partial charge in [-0.15, -0.1) is 0 Å². The predicted molar refractivity (Wildman–Crippen MR) is 72.8 cm³/mol. The molecule has 2 rings (SSSR count). The number of nitrogen functional groups attached to an aromatic ring is 1. The Bertz CT molecular complexity index is 577. The lowest BCUT2D eigenvalue weighted by Crippen LogP contribution is -2.30. The molecule has 0 unspecified atom stereocenters. The van der Waals surface area contributed by atoms with Crippen LogP contribution in [0.15, 0.2) is 30.7 Å². The van der Waals surface area contributed by atoms with Crippen LogP contribution in [0.2, 0.25) is 0 Å². The SMILES string of the molecule is CC(C)n1cc(OCc2ccc(C(=O)NN)cn2)cn1. The Labute approximate surface area is 116 Å². The van der Waals surface area contributed by atoms with Gasteiger partial charge in [-0.3, -0.25) is 19.9 Å². The average molecular weight is 275 g/mol. The van der Waals surface area contributed by atoms with Gasteiger partial charge in [-0.25, -0.2) is 5.84 Å². The van der Waals surface area contributed by atoms with E-state index in [0.717, 1.165) is 5.69 Å². The van der Waals surface area contributed by atoms with Gasteiger partial charge in [-0.1, -0.05) is 0 Å². The van der Waals surface area contributed by atoms with Gasteiger partial charge in [-0.05, 0) is 26.0 Å². The molecule has 7 heteroatoms. The van der Waals surface area contributed by atoms with Crippen molar-refractivity contribution in [2.45, 2.75) is 26.5 Å². The first-order valence-electron chi connectivity index (χ1n) is 6.23. The fourth-order valence-corrected chi connectivity index (χ4v) is 1.56. The summed E-state index contributed by atoms with van der Waals surface area (Å²) in [6.45, 7) is 4.40. The number of nitrogens with one attached hydrogen (secondary N) is 1. The minimum Gasteiger partial charge on any atom is -0.484 e. The molecule has 0 atom stereocenters. The maximum Gasteiger partial charge on any atom is 0.266 e. The molecule has 0 saturated carbocycles. The second kappa shape index (κ2) is 6.16. The van der Waals surface area contributed by atoms with Gasteiger partial charge in [0.05, 0.1) is 23.7 Å². The first-order valence-corrected chi connectivity index (χ1v) is 6.23. The molecule has 3 N–H and O–H groups in total. The second-order valence-electron chi connectivity index (χ2n) is 4.55. The van der Waals surface area contributed by atoms with Gasteiger partial charge in [-0.2, -0.15) is 5.10 Å². The van der Waals surface area contributed by atoms with Gasteiger partial charge in [0.25, 0.3) is 5.91 Å². The zero-order valence-electron chi connectivity index (χ0n) is 11.4. The van der Waals surface area contributed by atoms with E-state index in [0.29, 0.717) is 24.0 Å².